The molecule has 4 aromatic rings. The van der Waals surface area contributed by atoms with Crippen molar-refractivity contribution < 1.29 is 4.39 Å². The molecule has 8 heteroatoms. The summed E-state index contributed by atoms with van der Waals surface area (Å²) in [5.41, 5.74) is 2.00. The van der Waals surface area contributed by atoms with Gasteiger partial charge >= 0.3 is 0 Å². The first-order valence-electron chi connectivity index (χ1n) is 9.60. The third kappa shape index (κ3) is 4.63. The van der Waals surface area contributed by atoms with Gasteiger partial charge in [0, 0.05) is 40.9 Å². The Morgan fingerprint density at radius 2 is 1.97 bits per heavy atom. The number of pyridine rings is 1. The number of halogens is 2. The Bertz CT molecular complexity index is 1370. The Kier molecular flexibility index (Phi) is 6.19. The van der Waals surface area contributed by atoms with Gasteiger partial charge in [0.05, 0.1) is 11.4 Å². The van der Waals surface area contributed by atoms with Gasteiger partial charge in [0.25, 0.3) is 0 Å². The number of anilines is 1. The van der Waals surface area contributed by atoms with E-state index >= 15 is 0 Å². The number of hydrogen-bond acceptors (Lipinski definition) is 5. The zero-order valence-electron chi connectivity index (χ0n) is 16.7. The Balaban J connectivity index is 1.72. The largest absolute Gasteiger partial charge is 0.354 e. The van der Waals surface area contributed by atoms with E-state index in [0.29, 0.717) is 22.0 Å². The summed E-state index contributed by atoms with van der Waals surface area (Å²) in [5.74, 6) is -0.518. The van der Waals surface area contributed by atoms with Gasteiger partial charge < -0.3 is 10.7 Å². The molecule has 0 fully saturated rings. The molecule has 0 spiro atoms. The standard InChI is InChI=1S/C24H17ClFN5O/c25-17-4-3-5-18(15-17)29-21(9-11-27)24-23(32)10-13-31(30-24)22-8-7-16(14-19(22)26)20-6-1-2-12-28-20/h1-15,27,29H/b21-9-,27-11?. The van der Waals surface area contributed by atoms with Gasteiger partial charge in [-0.1, -0.05) is 29.8 Å². The molecule has 0 radical (unpaired) electrons. The van der Waals surface area contributed by atoms with E-state index in [2.05, 4.69) is 15.4 Å². The van der Waals surface area contributed by atoms with Gasteiger partial charge in [-0.25, -0.2) is 9.07 Å². The lowest BCUT2D eigenvalue weighted by Crippen LogP contribution is -2.19. The summed E-state index contributed by atoms with van der Waals surface area (Å²) < 4.78 is 16.2. The zero-order valence-corrected chi connectivity index (χ0v) is 17.4. The van der Waals surface area contributed by atoms with Gasteiger partial charge in [-0.15, -0.1) is 0 Å². The van der Waals surface area contributed by atoms with Crippen molar-refractivity contribution in [2.75, 3.05) is 5.32 Å². The first kappa shape index (κ1) is 21.1. The normalized spacial score (nSPS) is 11.2. The van der Waals surface area contributed by atoms with E-state index in [4.69, 9.17) is 17.0 Å². The molecule has 0 aliphatic rings. The molecule has 0 amide bonds. The molecule has 0 saturated carbocycles. The first-order chi connectivity index (χ1) is 15.5. The fourth-order valence-corrected chi connectivity index (χ4v) is 3.29. The molecule has 0 atom stereocenters. The molecule has 0 aliphatic carbocycles. The van der Waals surface area contributed by atoms with Crippen molar-refractivity contribution in [1.29, 1.82) is 5.41 Å². The minimum atomic E-state index is -0.518. The van der Waals surface area contributed by atoms with Crippen LogP contribution in [-0.4, -0.2) is 21.0 Å². The lowest BCUT2D eigenvalue weighted by molar-refractivity contribution is 0.608. The van der Waals surface area contributed by atoms with Crippen molar-refractivity contribution in [1.82, 2.24) is 14.8 Å². The second-order valence-electron chi connectivity index (χ2n) is 6.74. The summed E-state index contributed by atoms with van der Waals surface area (Å²) in [6.07, 6.45) is 5.47. The fourth-order valence-electron chi connectivity index (χ4n) is 3.10. The number of nitrogens with one attached hydrogen (secondary N) is 2. The molecule has 6 nitrogen and oxygen atoms in total. The van der Waals surface area contributed by atoms with Crippen LogP contribution in [0.25, 0.3) is 22.6 Å². The highest BCUT2D eigenvalue weighted by Crippen LogP contribution is 2.23. The van der Waals surface area contributed by atoms with Gasteiger partial charge in [-0.05, 0) is 48.5 Å². The monoisotopic (exact) mass is 445 g/mol. The Hall–Kier alpha value is -4.10. The van der Waals surface area contributed by atoms with Gasteiger partial charge in [0.1, 0.15) is 11.5 Å². The van der Waals surface area contributed by atoms with Crippen LogP contribution in [0.5, 0.6) is 0 Å². The maximum Gasteiger partial charge on any atom is 0.209 e. The summed E-state index contributed by atoms with van der Waals surface area (Å²) in [5, 5.41) is 15.3. The molecule has 2 aromatic heterocycles. The number of aromatic nitrogens is 3. The Labute approximate surface area is 188 Å². The van der Waals surface area contributed by atoms with Gasteiger partial charge in [0.15, 0.2) is 5.69 Å². The third-order valence-electron chi connectivity index (χ3n) is 4.57. The van der Waals surface area contributed by atoms with Gasteiger partial charge in [-0.2, -0.15) is 5.10 Å². The van der Waals surface area contributed by atoms with Gasteiger partial charge in [-0.3, -0.25) is 9.78 Å². The molecule has 4 rings (SSSR count). The van der Waals surface area contributed by atoms with Gasteiger partial charge in [0.2, 0.25) is 5.43 Å². The van der Waals surface area contributed by atoms with E-state index in [9.17, 15) is 9.18 Å². The topological polar surface area (TPSA) is 83.7 Å². The highest BCUT2D eigenvalue weighted by molar-refractivity contribution is 6.30. The second kappa shape index (κ2) is 9.36. The molecule has 0 aliphatic heterocycles. The second-order valence-corrected chi connectivity index (χ2v) is 7.17. The van der Waals surface area contributed by atoms with Crippen LogP contribution in [0.1, 0.15) is 5.69 Å². The number of allylic oxidation sites excluding steroid dienone is 1. The summed E-state index contributed by atoms with van der Waals surface area (Å²) in [6, 6.07) is 18.3. The van der Waals surface area contributed by atoms with Crippen molar-refractivity contribution >= 4 is 29.2 Å². The molecule has 0 bridgehead atoms. The molecule has 2 aromatic carbocycles. The SMILES string of the molecule is N=C/C=C(\Nc1cccc(Cl)c1)c1nn(-c2ccc(-c3ccccn3)cc2F)ccc1=O. The third-order valence-corrected chi connectivity index (χ3v) is 4.81. The van der Waals surface area contributed by atoms with E-state index in [1.54, 1.807) is 54.7 Å². The molecular formula is C24H17ClFN5O. The van der Waals surface area contributed by atoms with Crippen molar-refractivity contribution in [3.63, 3.8) is 0 Å². The average molecular weight is 446 g/mol. The molecule has 32 heavy (non-hydrogen) atoms. The van der Waals surface area contributed by atoms with Crippen LogP contribution >= 0.6 is 11.6 Å². The van der Waals surface area contributed by atoms with Crippen molar-refractivity contribution in [2.24, 2.45) is 0 Å². The lowest BCUT2D eigenvalue weighted by atomic mass is 10.1. The van der Waals surface area contributed by atoms with E-state index < -0.39 is 5.82 Å². The lowest BCUT2D eigenvalue weighted by Gasteiger charge is -2.13. The van der Waals surface area contributed by atoms with E-state index in [1.807, 2.05) is 6.07 Å². The minimum absolute atomic E-state index is 0.0316. The number of rotatable bonds is 6. The molecule has 0 unspecified atom stereocenters. The van der Waals surface area contributed by atoms with Crippen molar-refractivity contribution in [2.45, 2.75) is 0 Å². The molecule has 0 saturated heterocycles. The van der Waals surface area contributed by atoms with Crippen molar-refractivity contribution in [3.05, 3.63) is 112 Å². The number of hydrogen-bond donors (Lipinski definition) is 2. The molecule has 158 valence electrons. The Morgan fingerprint density at radius 3 is 2.69 bits per heavy atom. The van der Waals surface area contributed by atoms with E-state index in [-0.39, 0.29) is 22.5 Å². The summed E-state index contributed by atoms with van der Waals surface area (Å²) in [4.78, 5) is 16.8. The number of benzene rings is 2. The zero-order chi connectivity index (χ0) is 22.5. The summed E-state index contributed by atoms with van der Waals surface area (Å²) >= 11 is 6.03. The van der Waals surface area contributed by atoms with Crippen LogP contribution in [0.2, 0.25) is 5.02 Å². The molecule has 2 heterocycles. The summed E-state index contributed by atoms with van der Waals surface area (Å²) in [6.45, 7) is 0. The predicted octanol–water partition coefficient (Wildman–Crippen LogP) is 5.19. The molecular weight excluding hydrogens is 429 g/mol. The van der Waals surface area contributed by atoms with E-state index in [1.165, 1.54) is 29.1 Å². The number of nitrogens with zero attached hydrogens (tertiary/aromatic N) is 3. The van der Waals surface area contributed by atoms with Crippen LogP contribution in [0.4, 0.5) is 10.1 Å². The smallest absolute Gasteiger partial charge is 0.209 e. The fraction of sp³-hybridized carbons (Fsp3) is 0. The maximum atomic E-state index is 14.9. The Morgan fingerprint density at radius 1 is 1.09 bits per heavy atom. The van der Waals surface area contributed by atoms with Crippen LogP contribution in [-0.2, 0) is 0 Å². The summed E-state index contributed by atoms with van der Waals surface area (Å²) in [7, 11) is 0. The van der Waals surface area contributed by atoms with E-state index in [0.717, 1.165) is 6.21 Å². The van der Waals surface area contributed by atoms with Crippen molar-refractivity contribution in [3.8, 4) is 16.9 Å². The minimum Gasteiger partial charge on any atom is -0.354 e. The highest BCUT2D eigenvalue weighted by Gasteiger charge is 2.13. The average Bonchev–Trinajstić information content (AvgIpc) is 2.80. The first-order valence-corrected chi connectivity index (χ1v) is 9.98. The van der Waals surface area contributed by atoms with Crippen LogP contribution in [0.3, 0.4) is 0 Å². The highest BCUT2D eigenvalue weighted by atomic mass is 35.5. The van der Waals surface area contributed by atoms with Crippen LogP contribution < -0.4 is 10.7 Å². The predicted molar refractivity (Wildman–Crippen MR) is 125 cm³/mol. The quantitative estimate of drug-likeness (QED) is 0.400. The van der Waals surface area contributed by atoms with Crippen LogP contribution in [0, 0.1) is 11.2 Å². The molecule has 2 N–H and O–H groups in total. The maximum absolute atomic E-state index is 14.9. The van der Waals surface area contributed by atoms with Crippen LogP contribution in [0.15, 0.2) is 90.0 Å².